The van der Waals surface area contributed by atoms with Crippen LogP contribution in [0.5, 0.6) is 0 Å². The maximum Gasteiger partial charge on any atom is 0.0975 e. The Labute approximate surface area is 103 Å². The summed E-state index contributed by atoms with van der Waals surface area (Å²) in [5.74, 6) is 1.35. The molecule has 2 heterocycles. The first-order valence-corrected chi connectivity index (χ1v) is 6.86. The van der Waals surface area contributed by atoms with Gasteiger partial charge >= 0.3 is 0 Å². The van der Waals surface area contributed by atoms with Gasteiger partial charge in [-0.1, -0.05) is 20.8 Å². The number of hydrogen-bond acceptors (Lipinski definition) is 3. The smallest absolute Gasteiger partial charge is 0.0975 e. The molecule has 1 aliphatic rings. The summed E-state index contributed by atoms with van der Waals surface area (Å²) in [6.45, 7) is 11.5. The number of rotatable bonds is 1. The molecule has 1 fully saturated rings. The third-order valence-electron chi connectivity index (χ3n) is 3.57. The summed E-state index contributed by atoms with van der Waals surface area (Å²) in [4.78, 5) is 7.12. The van der Waals surface area contributed by atoms with Crippen LogP contribution in [0.25, 0.3) is 0 Å². The van der Waals surface area contributed by atoms with Crippen LogP contribution in [0, 0.1) is 18.3 Å². The van der Waals surface area contributed by atoms with Crippen molar-refractivity contribution >= 4 is 11.3 Å². The molecule has 0 bridgehead atoms. The van der Waals surface area contributed by atoms with Crippen LogP contribution in [-0.2, 0) is 0 Å². The van der Waals surface area contributed by atoms with Crippen molar-refractivity contribution in [2.45, 2.75) is 33.6 Å². The van der Waals surface area contributed by atoms with Gasteiger partial charge in [0.1, 0.15) is 0 Å². The van der Waals surface area contributed by atoms with E-state index in [0.29, 0.717) is 11.3 Å². The largest absolute Gasteiger partial charge is 0.305 e. The molecule has 0 aliphatic carbocycles. The maximum atomic E-state index is 4.68. The highest BCUT2D eigenvalue weighted by Crippen LogP contribution is 2.43. The summed E-state index contributed by atoms with van der Waals surface area (Å²) in [6.07, 6.45) is 0. The van der Waals surface area contributed by atoms with E-state index in [1.54, 1.807) is 0 Å². The lowest BCUT2D eigenvalue weighted by molar-refractivity contribution is 0.226. The predicted molar refractivity (Wildman–Crippen MR) is 70.0 cm³/mol. The second-order valence-electron chi connectivity index (χ2n) is 6.13. The van der Waals surface area contributed by atoms with E-state index in [9.17, 15) is 0 Å². The lowest BCUT2D eigenvalue weighted by atomic mass is 9.75. The molecule has 0 aromatic carbocycles. The van der Waals surface area contributed by atoms with E-state index in [-0.39, 0.29) is 0 Å². The Morgan fingerprint density at radius 2 is 2.06 bits per heavy atom. The summed E-state index contributed by atoms with van der Waals surface area (Å²) in [7, 11) is 2.22. The minimum absolute atomic E-state index is 0.370. The topological polar surface area (TPSA) is 16.1 Å². The number of likely N-dealkylation sites (N-methyl/N-ethyl adjacent to an activating group) is 1. The van der Waals surface area contributed by atoms with Crippen LogP contribution >= 0.6 is 11.3 Å². The molecule has 1 aromatic rings. The molecule has 2 atom stereocenters. The van der Waals surface area contributed by atoms with E-state index < -0.39 is 0 Å². The molecular weight excluding hydrogens is 216 g/mol. The van der Waals surface area contributed by atoms with Crippen molar-refractivity contribution in [2.75, 3.05) is 20.1 Å². The second kappa shape index (κ2) is 4.11. The summed E-state index contributed by atoms with van der Waals surface area (Å²) in [5.41, 5.74) is 1.54. The zero-order chi connectivity index (χ0) is 11.9. The molecule has 1 aliphatic heterocycles. The van der Waals surface area contributed by atoms with E-state index >= 15 is 0 Å². The predicted octanol–water partition coefficient (Wildman–Crippen LogP) is 3.14. The van der Waals surface area contributed by atoms with Gasteiger partial charge in [-0.3, -0.25) is 0 Å². The lowest BCUT2D eigenvalue weighted by Crippen LogP contribution is -2.26. The van der Waals surface area contributed by atoms with Gasteiger partial charge in [0.15, 0.2) is 0 Å². The number of likely N-dealkylation sites (tertiary alicyclic amines) is 1. The van der Waals surface area contributed by atoms with E-state index in [4.69, 9.17) is 0 Å². The van der Waals surface area contributed by atoms with E-state index in [1.165, 1.54) is 17.2 Å². The molecule has 1 aromatic heterocycles. The van der Waals surface area contributed by atoms with Gasteiger partial charge < -0.3 is 4.90 Å². The van der Waals surface area contributed by atoms with E-state index in [2.05, 4.69) is 50.0 Å². The Morgan fingerprint density at radius 1 is 1.38 bits per heavy atom. The first-order chi connectivity index (χ1) is 7.38. The summed E-state index contributed by atoms with van der Waals surface area (Å²) >= 11 is 1.83. The van der Waals surface area contributed by atoms with Crippen molar-refractivity contribution in [1.29, 1.82) is 0 Å². The van der Waals surface area contributed by atoms with Gasteiger partial charge in [0.25, 0.3) is 0 Å². The van der Waals surface area contributed by atoms with E-state index in [1.807, 2.05) is 11.3 Å². The van der Waals surface area contributed by atoms with Gasteiger partial charge in [-0.15, -0.1) is 11.3 Å². The molecular formula is C13H22N2S. The van der Waals surface area contributed by atoms with Crippen LogP contribution in [-0.4, -0.2) is 30.0 Å². The fourth-order valence-electron chi connectivity index (χ4n) is 2.67. The van der Waals surface area contributed by atoms with Gasteiger partial charge in [-0.05, 0) is 25.3 Å². The Morgan fingerprint density at radius 3 is 2.56 bits per heavy atom. The Hall–Kier alpha value is -0.410. The normalized spacial score (nSPS) is 27.6. The quantitative estimate of drug-likeness (QED) is 0.747. The molecule has 0 saturated carbocycles. The molecule has 3 heteroatoms. The fourth-order valence-corrected chi connectivity index (χ4v) is 3.62. The zero-order valence-electron chi connectivity index (χ0n) is 10.9. The Bertz CT molecular complexity index is 364. The average Bonchev–Trinajstić information content (AvgIpc) is 2.70. The van der Waals surface area contributed by atoms with Crippen LogP contribution in [0.1, 0.15) is 37.4 Å². The molecule has 16 heavy (non-hydrogen) atoms. The van der Waals surface area contributed by atoms with Crippen molar-refractivity contribution in [3.05, 3.63) is 16.1 Å². The highest BCUT2D eigenvalue weighted by atomic mass is 32.1. The van der Waals surface area contributed by atoms with Gasteiger partial charge in [0.2, 0.25) is 0 Å². The van der Waals surface area contributed by atoms with Crippen molar-refractivity contribution in [1.82, 2.24) is 9.88 Å². The fraction of sp³-hybridized carbons (Fsp3) is 0.769. The van der Waals surface area contributed by atoms with E-state index in [0.717, 1.165) is 12.5 Å². The molecule has 2 rings (SSSR count). The number of aromatic nitrogens is 1. The third-order valence-corrected chi connectivity index (χ3v) is 4.66. The van der Waals surface area contributed by atoms with Gasteiger partial charge in [0, 0.05) is 30.1 Å². The van der Waals surface area contributed by atoms with Crippen molar-refractivity contribution < 1.29 is 0 Å². The molecule has 0 amide bonds. The molecule has 1 saturated heterocycles. The van der Waals surface area contributed by atoms with Crippen molar-refractivity contribution in [3.63, 3.8) is 0 Å². The molecule has 90 valence electrons. The molecule has 0 radical (unpaired) electrons. The average molecular weight is 238 g/mol. The SMILES string of the molecule is Cc1csc(C2CN(C)CC2C(C)(C)C)n1. The van der Waals surface area contributed by atoms with Crippen LogP contribution in [0.2, 0.25) is 0 Å². The van der Waals surface area contributed by atoms with Gasteiger partial charge in [-0.2, -0.15) is 0 Å². The highest BCUT2D eigenvalue weighted by molar-refractivity contribution is 7.09. The molecule has 2 nitrogen and oxygen atoms in total. The minimum Gasteiger partial charge on any atom is -0.305 e. The first-order valence-electron chi connectivity index (χ1n) is 5.98. The minimum atomic E-state index is 0.370. The number of aryl methyl sites for hydroxylation is 1. The summed E-state index contributed by atoms with van der Waals surface area (Å²) in [6, 6.07) is 0. The highest BCUT2D eigenvalue weighted by Gasteiger charge is 2.40. The Kier molecular flexibility index (Phi) is 3.10. The monoisotopic (exact) mass is 238 g/mol. The van der Waals surface area contributed by atoms with Crippen LogP contribution in [0.3, 0.4) is 0 Å². The number of nitrogens with zero attached hydrogens (tertiary/aromatic N) is 2. The standard InChI is InChI=1S/C13H22N2S/c1-9-8-16-12(14-9)10-6-15(5)7-11(10)13(2,3)4/h8,10-11H,6-7H2,1-5H3. The molecule has 0 N–H and O–H groups in total. The van der Waals surface area contributed by atoms with Crippen LogP contribution in [0.4, 0.5) is 0 Å². The van der Waals surface area contributed by atoms with Crippen LogP contribution in [0.15, 0.2) is 5.38 Å². The molecule has 2 unspecified atom stereocenters. The van der Waals surface area contributed by atoms with Crippen molar-refractivity contribution in [3.8, 4) is 0 Å². The zero-order valence-corrected chi connectivity index (χ0v) is 11.8. The molecule has 0 spiro atoms. The lowest BCUT2D eigenvalue weighted by Gasteiger charge is -2.30. The third kappa shape index (κ3) is 2.30. The number of hydrogen-bond donors (Lipinski definition) is 0. The summed E-state index contributed by atoms with van der Waals surface area (Å²) in [5, 5.41) is 3.51. The Balaban J connectivity index is 2.25. The van der Waals surface area contributed by atoms with Gasteiger partial charge in [0.05, 0.1) is 5.01 Å². The van der Waals surface area contributed by atoms with Crippen LogP contribution < -0.4 is 0 Å². The number of thiazole rings is 1. The maximum absolute atomic E-state index is 4.68. The summed E-state index contributed by atoms with van der Waals surface area (Å²) < 4.78 is 0. The van der Waals surface area contributed by atoms with Gasteiger partial charge in [-0.25, -0.2) is 4.98 Å². The first kappa shape index (κ1) is 12.1. The van der Waals surface area contributed by atoms with Crippen molar-refractivity contribution in [2.24, 2.45) is 11.3 Å². The second-order valence-corrected chi connectivity index (χ2v) is 7.02.